The molecule has 0 spiro atoms. The Labute approximate surface area is 186 Å². The van der Waals surface area contributed by atoms with Gasteiger partial charge in [0.15, 0.2) is 5.82 Å². The Morgan fingerprint density at radius 2 is 1.94 bits per heavy atom. The molecule has 3 heterocycles. The third-order valence-corrected chi connectivity index (χ3v) is 5.26. The molecule has 2 aromatic heterocycles. The largest absolute Gasteiger partial charge is 0.416 e. The molecule has 0 saturated carbocycles. The molecule has 0 radical (unpaired) electrons. The van der Waals surface area contributed by atoms with E-state index in [1.807, 2.05) is 0 Å². The number of ether oxygens (including phenoxy) is 1. The van der Waals surface area contributed by atoms with Crippen molar-refractivity contribution in [1.82, 2.24) is 19.9 Å². The SMILES string of the molecule is Cl.O=c1[nH]c(-c2cc(C(F)(F)F)ccn2)nc2c(Cl)cc(CCN3CCOCC3)cc12. The maximum absolute atomic E-state index is 13.0. The molecule has 1 aromatic carbocycles. The molecule has 0 bridgehead atoms. The number of aromatic amines is 1. The number of aromatic nitrogens is 3. The fourth-order valence-electron chi connectivity index (χ4n) is 3.37. The molecular weight excluding hydrogens is 456 g/mol. The lowest BCUT2D eigenvalue weighted by atomic mass is 10.1. The number of morpholine rings is 1. The first kappa shape index (κ1) is 23.5. The van der Waals surface area contributed by atoms with Gasteiger partial charge in [-0.3, -0.25) is 14.7 Å². The molecule has 6 nitrogen and oxygen atoms in total. The van der Waals surface area contributed by atoms with E-state index in [-0.39, 0.29) is 39.9 Å². The predicted octanol–water partition coefficient (Wildman–Crippen LogP) is 3.95. The molecule has 0 aliphatic carbocycles. The van der Waals surface area contributed by atoms with Gasteiger partial charge in [-0.05, 0) is 36.2 Å². The fraction of sp³-hybridized carbons (Fsp3) is 0.350. The second kappa shape index (κ2) is 9.52. The minimum atomic E-state index is -4.53. The zero-order valence-corrected chi connectivity index (χ0v) is 17.8. The Morgan fingerprint density at radius 3 is 2.65 bits per heavy atom. The van der Waals surface area contributed by atoms with Gasteiger partial charge in [-0.15, -0.1) is 12.4 Å². The monoisotopic (exact) mass is 474 g/mol. The van der Waals surface area contributed by atoms with E-state index in [1.165, 1.54) is 0 Å². The average molecular weight is 475 g/mol. The Balaban J connectivity index is 0.00000272. The van der Waals surface area contributed by atoms with E-state index in [9.17, 15) is 18.0 Å². The predicted molar refractivity (Wildman–Crippen MR) is 114 cm³/mol. The lowest BCUT2D eigenvalue weighted by molar-refractivity contribution is -0.137. The van der Waals surface area contributed by atoms with Gasteiger partial charge < -0.3 is 9.72 Å². The van der Waals surface area contributed by atoms with Crippen molar-refractivity contribution in [1.29, 1.82) is 0 Å². The summed E-state index contributed by atoms with van der Waals surface area (Å²) in [5.41, 5.74) is -0.332. The summed E-state index contributed by atoms with van der Waals surface area (Å²) in [5.74, 6) is -0.0680. The topological polar surface area (TPSA) is 71.1 Å². The van der Waals surface area contributed by atoms with Crippen LogP contribution >= 0.6 is 24.0 Å². The number of nitrogens with one attached hydrogen (secondary N) is 1. The van der Waals surface area contributed by atoms with Crippen LogP contribution in [0.3, 0.4) is 0 Å². The maximum Gasteiger partial charge on any atom is 0.416 e. The minimum Gasteiger partial charge on any atom is -0.379 e. The van der Waals surface area contributed by atoms with Crippen molar-refractivity contribution >= 4 is 34.9 Å². The van der Waals surface area contributed by atoms with Crippen molar-refractivity contribution < 1.29 is 17.9 Å². The van der Waals surface area contributed by atoms with Crippen molar-refractivity contribution in [3.05, 3.63) is 57.0 Å². The number of alkyl halides is 3. The Kier molecular flexibility index (Phi) is 7.20. The summed E-state index contributed by atoms with van der Waals surface area (Å²) in [7, 11) is 0. The number of H-pyrrole nitrogens is 1. The Bertz CT molecular complexity index is 1130. The van der Waals surface area contributed by atoms with E-state index in [4.69, 9.17) is 16.3 Å². The molecule has 31 heavy (non-hydrogen) atoms. The maximum atomic E-state index is 13.0. The van der Waals surface area contributed by atoms with Crippen molar-refractivity contribution in [2.45, 2.75) is 12.6 Å². The van der Waals surface area contributed by atoms with Crippen molar-refractivity contribution in [2.75, 3.05) is 32.8 Å². The van der Waals surface area contributed by atoms with Gasteiger partial charge in [0.05, 0.1) is 34.7 Å². The van der Waals surface area contributed by atoms with Crippen LogP contribution < -0.4 is 5.56 Å². The lowest BCUT2D eigenvalue weighted by Gasteiger charge is -2.26. The summed E-state index contributed by atoms with van der Waals surface area (Å²) in [6.45, 7) is 3.93. The molecule has 1 N–H and O–H groups in total. The second-order valence-corrected chi connectivity index (χ2v) is 7.43. The van der Waals surface area contributed by atoms with Crippen LogP contribution in [-0.2, 0) is 17.3 Å². The van der Waals surface area contributed by atoms with Crippen LogP contribution in [0.2, 0.25) is 5.02 Å². The Hall–Kier alpha value is -2.20. The molecule has 11 heteroatoms. The molecule has 1 aliphatic heterocycles. The quantitative estimate of drug-likeness (QED) is 0.619. The van der Waals surface area contributed by atoms with Gasteiger partial charge in [-0.25, -0.2) is 4.98 Å². The molecule has 1 saturated heterocycles. The fourth-order valence-corrected chi connectivity index (χ4v) is 3.65. The van der Waals surface area contributed by atoms with Gasteiger partial charge in [-0.2, -0.15) is 13.2 Å². The van der Waals surface area contributed by atoms with Crippen LogP contribution in [0.15, 0.2) is 35.3 Å². The van der Waals surface area contributed by atoms with E-state index in [2.05, 4.69) is 19.9 Å². The first-order valence-corrected chi connectivity index (χ1v) is 9.75. The van der Waals surface area contributed by atoms with E-state index < -0.39 is 17.3 Å². The number of hydrogen-bond acceptors (Lipinski definition) is 5. The summed E-state index contributed by atoms with van der Waals surface area (Å²) in [6.07, 6.45) is -2.80. The van der Waals surface area contributed by atoms with Crippen LogP contribution in [0.4, 0.5) is 13.2 Å². The van der Waals surface area contributed by atoms with Gasteiger partial charge >= 0.3 is 6.18 Å². The lowest BCUT2D eigenvalue weighted by Crippen LogP contribution is -2.37. The Morgan fingerprint density at radius 1 is 1.19 bits per heavy atom. The molecule has 1 fully saturated rings. The van der Waals surface area contributed by atoms with E-state index in [0.717, 1.165) is 43.5 Å². The van der Waals surface area contributed by atoms with Crippen LogP contribution in [0.5, 0.6) is 0 Å². The normalized spacial score (nSPS) is 15.1. The van der Waals surface area contributed by atoms with Crippen LogP contribution in [-0.4, -0.2) is 52.7 Å². The van der Waals surface area contributed by atoms with Crippen molar-refractivity contribution in [3.63, 3.8) is 0 Å². The molecule has 3 aromatic rings. The third-order valence-electron chi connectivity index (χ3n) is 4.97. The minimum absolute atomic E-state index is 0. The molecule has 0 amide bonds. The number of rotatable bonds is 4. The summed E-state index contributed by atoms with van der Waals surface area (Å²) in [5, 5.41) is 0.555. The number of halogens is 5. The van der Waals surface area contributed by atoms with E-state index in [0.29, 0.717) is 19.6 Å². The highest BCUT2D eigenvalue weighted by molar-refractivity contribution is 6.35. The zero-order valence-electron chi connectivity index (χ0n) is 16.2. The molecule has 166 valence electrons. The first-order valence-electron chi connectivity index (χ1n) is 9.37. The smallest absolute Gasteiger partial charge is 0.379 e. The van der Waals surface area contributed by atoms with Crippen LogP contribution in [0, 0.1) is 0 Å². The molecule has 0 atom stereocenters. The molecule has 4 rings (SSSR count). The van der Waals surface area contributed by atoms with Gasteiger partial charge in [0.2, 0.25) is 0 Å². The highest BCUT2D eigenvalue weighted by Gasteiger charge is 2.31. The molecular formula is C20H19Cl2F3N4O2. The number of fused-ring (bicyclic) bond motifs is 1. The highest BCUT2D eigenvalue weighted by atomic mass is 35.5. The third kappa shape index (κ3) is 5.35. The van der Waals surface area contributed by atoms with Crippen molar-refractivity contribution in [3.8, 4) is 11.5 Å². The van der Waals surface area contributed by atoms with Gasteiger partial charge in [0.1, 0.15) is 5.69 Å². The molecule has 1 aliphatic rings. The number of benzene rings is 1. The van der Waals surface area contributed by atoms with Crippen LogP contribution in [0.25, 0.3) is 22.4 Å². The van der Waals surface area contributed by atoms with E-state index in [1.54, 1.807) is 12.1 Å². The standard InChI is InChI=1S/C20H18ClF3N4O2.ClH/c21-15-10-12(2-4-28-5-7-30-8-6-28)9-14-17(15)26-18(27-19(14)29)16-11-13(1-3-25-16)20(22,23)24;/h1,3,9-11H,2,4-8H2,(H,26,27,29);1H. The van der Waals surface area contributed by atoms with E-state index >= 15 is 0 Å². The number of nitrogens with zero attached hydrogens (tertiary/aromatic N) is 3. The van der Waals surface area contributed by atoms with Gasteiger partial charge in [0, 0.05) is 25.8 Å². The van der Waals surface area contributed by atoms with Gasteiger partial charge in [-0.1, -0.05) is 11.6 Å². The molecule has 0 unspecified atom stereocenters. The summed E-state index contributed by atoms with van der Waals surface area (Å²) in [6, 6.07) is 5.15. The summed E-state index contributed by atoms with van der Waals surface area (Å²) in [4.78, 5) is 25.6. The zero-order chi connectivity index (χ0) is 21.3. The van der Waals surface area contributed by atoms with Gasteiger partial charge in [0.25, 0.3) is 5.56 Å². The first-order chi connectivity index (χ1) is 14.3. The highest BCUT2D eigenvalue weighted by Crippen LogP contribution is 2.31. The van der Waals surface area contributed by atoms with Crippen molar-refractivity contribution in [2.24, 2.45) is 0 Å². The summed E-state index contributed by atoms with van der Waals surface area (Å²) < 4.78 is 44.3. The number of pyridine rings is 1. The summed E-state index contributed by atoms with van der Waals surface area (Å²) >= 11 is 6.37. The number of hydrogen-bond donors (Lipinski definition) is 1. The average Bonchev–Trinajstić information content (AvgIpc) is 2.73. The second-order valence-electron chi connectivity index (χ2n) is 7.02. The van der Waals surface area contributed by atoms with Crippen LogP contribution in [0.1, 0.15) is 11.1 Å².